The van der Waals surface area contributed by atoms with Crippen LogP contribution in [-0.2, 0) is 0 Å². The first-order chi connectivity index (χ1) is 11.2. The Morgan fingerprint density at radius 1 is 1.22 bits per heavy atom. The molecule has 0 aliphatic carbocycles. The lowest BCUT2D eigenvalue weighted by atomic mass is 10.0. The Morgan fingerprint density at radius 2 is 1.96 bits per heavy atom. The first kappa shape index (κ1) is 16.2. The van der Waals surface area contributed by atoms with Crippen molar-refractivity contribution < 1.29 is 5.11 Å². The summed E-state index contributed by atoms with van der Waals surface area (Å²) in [6.45, 7) is 5.59. The number of nitrogens with zero attached hydrogens (tertiary/aromatic N) is 3. The molecule has 0 saturated heterocycles. The number of thiophene rings is 1. The Bertz CT molecular complexity index is 817. The summed E-state index contributed by atoms with van der Waals surface area (Å²) in [5.74, 6) is 0.876. The van der Waals surface area contributed by atoms with Gasteiger partial charge in [0, 0.05) is 28.6 Å². The van der Waals surface area contributed by atoms with E-state index in [2.05, 4.69) is 28.7 Å². The van der Waals surface area contributed by atoms with Crippen LogP contribution in [0.25, 0.3) is 21.3 Å². The lowest BCUT2D eigenvalue weighted by Gasteiger charge is -2.22. The Labute approximate surface area is 144 Å². The second-order valence-corrected chi connectivity index (χ2v) is 6.86. The molecule has 2 aromatic heterocycles. The fourth-order valence-corrected chi connectivity index (χ4v) is 3.90. The molecule has 0 radical (unpaired) electrons. The van der Waals surface area contributed by atoms with Gasteiger partial charge in [-0.15, -0.1) is 11.3 Å². The van der Waals surface area contributed by atoms with Gasteiger partial charge < -0.3 is 10.0 Å². The number of halogens is 1. The molecule has 3 aromatic rings. The van der Waals surface area contributed by atoms with Crippen molar-refractivity contribution in [3.63, 3.8) is 0 Å². The van der Waals surface area contributed by atoms with E-state index in [-0.39, 0.29) is 6.61 Å². The number of aliphatic hydroxyl groups is 1. The fourth-order valence-electron chi connectivity index (χ4n) is 2.77. The van der Waals surface area contributed by atoms with Crippen molar-refractivity contribution in [2.75, 3.05) is 24.6 Å². The van der Waals surface area contributed by atoms with Gasteiger partial charge in [-0.1, -0.05) is 23.7 Å². The normalized spacial score (nSPS) is 11.1. The van der Waals surface area contributed by atoms with Crippen molar-refractivity contribution in [3.8, 4) is 11.1 Å². The number of anilines is 1. The first-order valence-corrected chi connectivity index (χ1v) is 8.71. The van der Waals surface area contributed by atoms with Gasteiger partial charge in [-0.3, -0.25) is 0 Å². The Morgan fingerprint density at radius 3 is 2.61 bits per heavy atom. The second-order valence-electron chi connectivity index (χ2n) is 5.22. The van der Waals surface area contributed by atoms with E-state index in [1.54, 1.807) is 17.7 Å². The zero-order valence-electron chi connectivity index (χ0n) is 13.1. The van der Waals surface area contributed by atoms with Gasteiger partial charge in [0.2, 0.25) is 0 Å². The number of aromatic nitrogens is 2. The van der Waals surface area contributed by atoms with Gasteiger partial charge >= 0.3 is 0 Å². The molecule has 2 heterocycles. The van der Waals surface area contributed by atoms with Crippen LogP contribution in [0.4, 0.5) is 5.82 Å². The van der Waals surface area contributed by atoms with Gasteiger partial charge in [-0.05, 0) is 31.5 Å². The molecule has 1 N–H and O–H groups in total. The fraction of sp³-hybridized carbons (Fsp3) is 0.294. The number of fused-ring (bicyclic) bond motifs is 1. The highest BCUT2D eigenvalue weighted by Gasteiger charge is 2.19. The highest BCUT2D eigenvalue weighted by Crippen LogP contribution is 2.41. The summed E-state index contributed by atoms with van der Waals surface area (Å²) in [4.78, 5) is 13.2. The van der Waals surface area contributed by atoms with Crippen LogP contribution in [0.2, 0.25) is 5.02 Å². The second kappa shape index (κ2) is 6.83. The molecule has 0 fully saturated rings. The van der Waals surface area contributed by atoms with E-state index >= 15 is 0 Å². The largest absolute Gasteiger partial charge is 0.395 e. The standard InChI is InChI=1S/C17H18ClN3OS/c1-3-21(8-9-22)16-15-14(12-4-6-13(18)7-5-12)11(2)23-17(15)20-10-19-16/h4-7,10,22H,3,8-9H2,1-2H3. The maximum absolute atomic E-state index is 9.33. The number of hydrogen-bond acceptors (Lipinski definition) is 5. The molecule has 0 unspecified atom stereocenters. The molecule has 0 atom stereocenters. The van der Waals surface area contributed by atoms with Crippen molar-refractivity contribution in [2.45, 2.75) is 13.8 Å². The predicted molar refractivity (Wildman–Crippen MR) is 97.6 cm³/mol. The van der Waals surface area contributed by atoms with Crippen LogP contribution in [0.3, 0.4) is 0 Å². The molecule has 6 heteroatoms. The summed E-state index contributed by atoms with van der Waals surface area (Å²) in [6.07, 6.45) is 1.60. The molecule has 4 nitrogen and oxygen atoms in total. The van der Waals surface area contributed by atoms with E-state index in [1.807, 2.05) is 24.3 Å². The van der Waals surface area contributed by atoms with Crippen LogP contribution in [0, 0.1) is 6.92 Å². The van der Waals surface area contributed by atoms with Crippen molar-refractivity contribution in [1.82, 2.24) is 9.97 Å². The van der Waals surface area contributed by atoms with Gasteiger partial charge in [-0.25, -0.2) is 9.97 Å². The molecule has 0 saturated carbocycles. The van der Waals surface area contributed by atoms with Gasteiger partial charge in [-0.2, -0.15) is 0 Å². The van der Waals surface area contributed by atoms with Crippen molar-refractivity contribution in [3.05, 3.63) is 40.5 Å². The van der Waals surface area contributed by atoms with Crippen molar-refractivity contribution in [1.29, 1.82) is 0 Å². The third kappa shape index (κ3) is 3.04. The Hall–Kier alpha value is -1.69. The monoisotopic (exact) mass is 347 g/mol. The summed E-state index contributed by atoms with van der Waals surface area (Å²) in [7, 11) is 0. The van der Waals surface area contributed by atoms with E-state index in [0.29, 0.717) is 6.54 Å². The van der Waals surface area contributed by atoms with Crippen LogP contribution < -0.4 is 4.90 Å². The van der Waals surface area contributed by atoms with Crippen LogP contribution in [0.5, 0.6) is 0 Å². The molecular weight excluding hydrogens is 330 g/mol. The zero-order chi connectivity index (χ0) is 16.4. The number of aliphatic hydroxyl groups excluding tert-OH is 1. The lowest BCUT2D eigenvalue weighted by molar-refractivity contribution is 0.302. The van der Waals surface area contributed by atoms with Crippen LogP contribution >= 0.6 is 22.9 Å². The van der Waals surface area contributed by atoms with Gasteiger partial charge in [0.25, 0.3) is 0 Å². The summed E-state index contributed by atoms with van der Waals surface area (Å²) >= 11 is 7.68. The van der Waals surface area contributed by atoms with E-state index in [1.165, 1.54) is 4.88 Å². The third-order valence-electron chi connectivity index (χ3n) is 3.83. The minimum Gasteiger partial charge on any atom is -0.395 e. The first-order valence-electron chi connectivity index (χ1n) is 7.51. The zero-order valence-corrected chi connectivity index (χ0v) is 14.7. The number of hydrogen-bond donors (Lipinski definition) is 1. The molecule has 0 spiro atoms. The quantitative estimate of drug-likeness (QED) is 0.753. The molecule has 3 rings (SSSR count). The van der Waals surface area contributed by atoms with Gasteiger partial charge in [0.1, 0.15) is 17.0 Å². The van der Waals surface area contributed by atoms with Crippen LogP contribution in [0.1, 0.15) is 11.8 Å². The number of rotatable bonds is 5. The third-order valence-corrected chi connectivity index (χ3v) is 5.09. The topological polar surface area (TPSA) is 49.2 Å². The lowest BCUT2D eigenvalue weighted by Crippen LogP contribution is -2.27. The summed E-state index contributed by atoms with van der Waals surface area (Å²) in [6, 6.07) is 7.84. The minimum atomic E-state index is 0.0960. The van der Waals surface area contributed by atoms with Gasteiger partial charge in [0.15, 0.2) is 0 Å². The average Bonchev–Trinajstić information content (AvgIpc) is 2.89. The molecule has 23 heavy (non-hydrogen) atoms. The molecule has 0 aliphatic rings. The predicted octanol–water partition coefficient (Wildman–Crippen LogP) is 4.14. The smallest absolute Gasteiger partial charge is 0.141 e. The maximum Gasteiger partial charge on any atom is 0.141 e. The van der Waals surface area contributed by atoms with E-state index in [4.69, 9.17) is 11.6 Å². The molecule has 120 valence electrons. The van der Waals surface area contributed by atoms with E-state index in [0.717, 1.165) is 38.7 Å². The number of benzene rings is 1. The van der Waals surface area contributed by atoms with E-state index in [9.17, 15) is 5.11 Å². The SMILES string of the molecule is CCN(CCO)c1ncnc2sc(C)c(-c3ccc(Cl)cc3)c12. The van der Waals surface area contributed by atoms with Crippen LogP contribution in [0.15, 0.2) is 30.6 Å². The van der Waals surface area contributed by atoms with Gasteiger partial charge in [0.05, 0.1) is 12.0 Å². The summed E-state index contributed by atoms with van der Waals surface area (Å²) < 4.78 is 0. The average molecular weight is 348 g/mol. The molecule has 0 aliphatic heterocycles. The molecule has 0 amide bonds. The highest BCUT2D eigenvalue weighted by atomic mass is 35.5. The molecule has 1 aromatic carbocycles. The van der Waals surface area contributed by atoms with Crippen molar-refractivity contribution >= 4 is 39.0 Å². The molecular formula is C17H18ClN3OS. The van der Waals surface area contributed by atoms with Crippen LogP contribution in [-0.4, -0.2) is 34.8 Å². The minimum absolute atomic E-state index is 0.0960. The maximum atomic E-state index is 9.33. The Kier molecular flexibility index (Phi) is 4.80. The Balaban J connectivity index is 2.25. The highest BCUT2D eigenvalue weighted by molar-refractivity contribution is 7.19. The molecule has 0 bridgehead atoms. The summed E-state index contributed by atoms with van der Waals surface area (Å²) in [5.41, 5.74) is 2.25. The number of aryl methyl sites for hydroxylation is 1. The van der Waals surface area contributed by atoms with E-state index < -0.39 is 0 Å². The summed E-state index contributed by atoms with van der Waals surface area (Å²) in [5, 5.41) is 11.1. The van der Waals surface area contributed by atoms with Crippen molar-refractivity contribution in [2.24, 2.45) is 0 Å². The number of likely N-dealkylation sites (N-methyl/N-ethyl adjacent to an activating group) is 1.